The Kier molecular flexibility index (Phi) is 3.54. The van der Waals surface area contributed by atoms with Crippen molar-refractivity contribution in [2.75, 3.05) is 0 Å². The number of fused-ring (bicyclic) bond motifs is 3. The van der Waals surface area contributed by atoms with Gasteiger partial charge in [0.25, 0.3) is 0 Å². The first-order valence-electron chi connectivity index (χ1n) is 8.17. The summed E-state index contributed by atoms with van der Waals surface area (Å²) in [5, 5.41) is 2.16. The Balaban J connectivity index is 2.22. The summed E-state index contributed by atoms with van der Waals surface area (Å²) < 4.78 is 0. The highest BCUT2D eigenvalue weighted by atomic mass is 28.4. The van der Waals surface area contributed by atoms with E-state index in [2.05, 4.69) is 50.2 Å². The van der Waals surface area contributed by atoms with E-state index in [0.717, 1.165) is 10.4 Å². The highest BCUT2D eigenvalue weighted by Crippen LogP contribution is 2.47. The molecule has 0 bridgehead atoms. The average molecular weight is 343 g/mol. The third kappa shape index (κ3) is 2.64. The minimum Gasteiger partial charge on any atom is -0.428 e. The van der Waals surface area contributed by atoms with E-state index in [4.69, 9.17) is 0 Å². The number of hydrogen-bond acceptors (Lipinski definition) is 2. The van der Waals surface area contributed by atoms with Crippen LogP contribution in [0.4, 0.5) is 0 Å². The summed E-state index contributed by atoms with van der Waals surface area (Å²) in [6, 6.07) is 12.9. The van der Waals surface area contributed by atoms with E-state index in [1.807, 2.05) is 26.2 Å². The van der Waals surface area contributed by atoms with Gasteiger partial charge in [0.2, 0.25) is 16.6 Å². The van der Waals surface area contributed by atoms with Gasteiger partial charge in [-0.2, -0.15) is 0 Å². The summed E-state index contributed by atoms with van der Waals surface area (Å²) in [7, 11) is -4.63. The smallest absolute Gasteiger partial charge is 0.213 e. The molecule has 0 aromatic heterocycles. The first-order valence-corrected chi connectivity index (χ1v) is 14.1. The number of rotatable bonds is 2. The van der Waals surface area contributed by atoms with E-state index in [-0.39, 0.29) is 5.41 Å². The highest BCUT2D eigenvalue weighted by Gasteiger charge is 2.37. The largest absolute Gasteiger partial charge is 0.428 e. The molecule has 0 spiro atoms. The van der Waals surface area contributed by atoms with Crippen molar-refractivity contribution in [1.82, 2.24) is 0 Å². The van der Waals surface area contributed by atoms with Crippen LogP contribution in [0.3, 0.4) is 0 Å². The van der Waals surface area contributed by atoms with E-state index < -0.39 is 16.6 Å². The summed E-state index contributed by atoms with van der Waals surface area (Å²) in [5.41, 5.74) is 4.99. The highest BCUT2D eigenvalue weighted by molar-refractivity contribution is 6.83. The standard InChI is InChI=1S/C19H26O2Si2/c1-19(2)17-11-13(22(3,4)20)7-9-15(17)16-10-8-14(12-18(16)19)23(5,6)21/h7-12,20-21H,1-6H3. The Morgan fingerprint density at radius 2 is 1.04 bits per heavy atom. The lowest BCUT2D eigenvalue weighted by Gasteiger charge is -2.25. The molecule has 0 unspecified atom stereocenters. The van der Waals surface area contributed by atoms with Crippen molar-refractivity contribution in [1.29, 1.82) is 0 Å². The van der Waals surface area contributed by atoms with Gasteiger partial charge in [0.1, 0.15) is 0 Å². The number of hydrogen-bond donors (Lipinski definition) is 2. The first-order chi connectivity index (χ1) is 10.4. The van der Waals surface area contributed by atoms with Crippen molar-refractivity contribution in [3.63, 3.8) is 0 Å². The van der Waals surface area contributed by atoms with Gasteiger partial charge in [-0.3, -0.25) is 0 Å². The van der Waals surface area contributed by atoms with Gasteiger partial charge in [-0.25, -0.2) is 0 Å². The van der Waals surface area contributed by atoms with E-state index in [1.165, 1.54) is 22.3 Å². The molecule has 0 fully saturated rings. The maximum Gasteiger partial charge on any atom is 0.213 e. The van der Waals surface area contributed by atoms with E-state index in [0.29, 0.717) is 0 Å². The van der Waals surface area contributed by atoms with Crippen molar-refractivity contribution in [3.8, 4) is 11.1 Å². The predicted octanol–water partition coefficient (Wildman–Crippen LogP) is 2.80. The molecule has 122 valence electrons. The Labute approximate surface area is 141 Å². The van der Waals surface area contributed by atoms with Crippen LogP contribution < -0.4 is 10.4 Å². The van der Waals surface area contributed by atoms with Crippen LogP contribution in [-0.4, -0.2) is 26.2 Å². The normalized spacial score (nSPS) is 16.2. The summed E-state index contributed by atoms with van der Waals surface area (Å²) in [6.45, 7) is 12.3. The Morgan fingerprint density at radius 1 is 0.696 bits per heavy atom. The second-order valence-corrected chi connectivity index (χ2v) is 15.7. The molecule has 2 nitrogen and oxygen atoms in total. The molecule has 2 aromatic rings. The maximum absolute atomic E-state index is 10.5. The van der Waals surface area contributed by atoms with Gasteiger partial charge in [0.15, 0.2) is 0 Å². The van der Waals surface area contributed by atoms with Crippen LogP contribution in [-0.2, 0) is 5.41 Å². The van der Waals surface area contributed by atoms with Gasteiger partial charge in [0, 0.05) is 5.41 Å². The maximum atomic E-state index is 10.5. The molecule has 0 aliphatic heterocycles. The van der Waals surface area contributed by atoms with Crippen molar-refractivity contribution in [2.45, 2.75) is 45.5 Å². The predicted molar refractivity (Wildman–Crippen MR) is 103 cm³/mol. The molecule has 1 aliphatic carbocycles. The molecule has 1 aliphatic rings. The molecule has 0 saturated heterocycles. The lowest BCUT2D eigenvalue weighted by Crippen LogP contribution is -2.42. The summed E-state index contributed by atoms with van der Waals surface area (Å²) >= 11 is 0. The minimum atomic E-state index is -2.32. The molecule has 0 atom stereocenters. The van der Waals surface area contributed by atoms with Crippen LogP contribution in [0.15, 0.2) is 36.4 Å². The lowest BCUT2D eigenvalue weighted by molar-refractivity contribution is 0.567. The zero-order valence-electron chi connectivity index (χ0n) is 14.9. The SMILES string of the molecule is CC1(C)c2cc([Si](C)(C)O)ccc2-c2ccc([Si](C)(C)O)cc21. The minimum absolute atomic E-state index is 0.101. The Hall–Kier alpha value is -1.21. The average Bonchev–Trinajstić information content (AvgIpc) is 2.65. The third-order valence-electron chi connectivity index (χ3n) is 5.09. The summed E-state index contributed by atoms with van der Waals surface area (Å²) in [5.74, 6) is 0. The fraction of sp³-hybridized carbons (Fsp3) is 0.368. The van der Waals surface area contributed by atoms with Gasteiger partial charge in [0.05, 0.1) is 0 Å². The second-order valence-electron chi connectivity index (χ2n) is 8.26. The molecule has 3 rings (SSSR count). The molecule has 0 radical (unpaired) electrons. The molecular formula is C19H26O2Si2. The molecule has 0 saturated carbocycles. The van der Waals surface area contributed by atoms with Gasteiger partial charge < -0.3 is 9.59 Å². The topological polar surface area (TPSA) is 40.5 Å². The molecule has 0 amide bonds. The van der Waals surface area contributed by atoms with Crippen molar-refractivity contribution >= 4 is 27.0 Å². The van der Waals surface area contributed by atoms with Crippen molar-refractivity contribution in [3.05, 3.63) is 47.5 Å². The van der Waals surface area contributed by atoms with Crippen LogP contribution in [0.5, 0.6) is 0 Å². The Morgan fingerprint density at radius 3 is 1.35 bits per heavy atom. The number of benzene rings is 2. The van der Waals surface area contributed by atoms with E-state index >= 15 is 0 Å². The van der Waals surface area contributed by atoms with Gasteiger partial charge in [-0.1, -0.05) is 50.2 Å². The molecule has 4 heteroatoms. The van der Waals surface area contributed by atoms with Crippen LogP contribution in [0.25, 0.3) is 11.1 Å². The van der Waals surface area contributed by atoms with Gasteiger partial charge in [-0.15, -0.1) is 0 Å². The van der Waals surface area contributed by atoms with Crippen LogP contribution in [0.2, 0.25) is 26.2 Å². The molecule has 2 aromatic carbocycles. The van der Waals surface area contributed by atoms with Gasteiger partial charge in [-0.05, 0) is 58.8 Å². The van der Waals surface area contributed by atoms with Crippen LogP contribution in [0, 0.1) is 0 Å². The first kappa shape index (κ1) is 16.6. The molecule has 23 heavy (non-hydrogen) atoms. The fourth-order valence-electron chi connectivity index (χ4n) is 3.50. The fourth-order valence-corrected chi connectivity index (χ4v) is 5.48. The third-order valence-corrected chi connectivity index (χ3v) is 8.54. The van der Waals surface area contributed by atoms with Crippen LogP contribution in [0.1, 0.15) is 25.0 Å². The van der Waals surface area contributed by atoms with Crippen molar-refractivity contribution < 1.29 is 9.59 Å². The lowest BCUT2D eigenvalue weighted by atomic mass is 9.82. The van der Waals surface area contributed by atoms with E-state index in [1.54, 1.807) is 0 Å². The monoisotopic (exact) mass is 342 g/mol. The zero-order chi connectivity index (χ0) is 17.2. The molecule has 0 heterocycles. The molecule has 2 N–H and O–H groups in total. The summed E-state index contributed by atoms with van der Waals surface area (Å²) in [6.07, 6.45) is 0. The second kappa shape index (κ2) is 4.90. The van der Waals surface area contributed by atoms with Crippen LogP contribution >= 0.6 is 0 Å². The van der Waals surface area contributed by atoms with E-state index in [9.17, 15) is 9.59 Å². The Bertz CT molecular complexity index is 715. The summed E-state index contributed by atoms with van der Waals surface area (Å²) in [4.78, 5) is 20.9. The zero-order valence-corrected chi connectivity index (χ0v) is 16.9. The van der Waals surface area contributed by atoms with Crippen molar-refractivity contribution in [2.24, 2.45) is 0 Å². The van der Waals surface area contributed by atoms with Gasteiger partial charge >= 0.3 is 0 Å². The quantitative estimate of drug-likeness (QED) is 0.824. The molecular weight excluding hydrogens is 316 g/mol.